The summed E-state index contributed by atoms with van der Waals surface area (Å²) >= 11 is 0. The maximum absolute atomic E-state index is 8.68. The van der Waals surface area contributed by atoms with E-state index in [2.05, 4.69) is 28.4 Å². The molecule has 0 aliphatic heterocycles. The number of hydrogen-bond acceptors (Lipinski definition) is 3. The van der Waals surface area contributed by atoms with Crippen molar-refractivity contribution in [1.29, 1.82) is 0 Å². The normalized spacial score (nSPS) is 7.88. The van der Waals surface area contributed by atoms with Crippen molar-refractivity contribution < 1.29 is 77.1 Å². The van der Waals surface area contributed by atoms with Crippen LogP contribution in [0.1, 0.15) is 6.92 Å². The van der Waals surface area contributed by atoms with Crippen molar-refractivity contribution >= 4 is 6.29 Å². The van der Waals surface area contributed by atoms with E-state index in [1.165, 1.54) is 13.2 Å². The molecule has 126 valence electrons. The molecule has 3 aromatic rings. The van der Waals surface area contributed by atoms with Crippen LogP contribution in [0.4, 0.5) is 0 Å². The molecular formula is C19H17N2OVWY-3. The molecule has 0 aliphatic rings. The minimum atomic E-state index is 0. The molecule has 1 heterocycles. The SMILES string of the molecule is C[C-]=O.[CH3-].[V].[W].[Y].[c-]1ncc(-c2ccccc2)c(-c2ccccc2)n1. The van der Waals surface area contributed by atoms with Crippen LogP contribution in [0, 0.1) is 13.8 Å². The van der Waals surface area contributed by atoms with E-state index in [1.807, 2.05) is 54.7 Å². The summed E-state index contributed by atoms with van der Waals surface area (Å²) in [6.07, 6.45) is 5.98. The Balaban J connectivity index is -0.000000649. The number of carbonyl (C=O) groups excluding carboxylic acids is 1. The Kier molecular flexibility index (Phi) is 20.0. The van der Waals surface area contributed by atoms with Crippen LogP contribution in [0.2, 0.25) is 0 Å². The predicted molar refractivity (Wildman–Crippen MR) is 89.5 cm³/mol. The van der Waals surface area contributed by atoms with E-state index in [-0.39, 0.29) is 79.8 Å². The first-order valence-electron chi connectivity index (χ1n) is 6.49. The minimum absolute atomic E-state index is 0. The van der Waals surface area contributed by atoms with Gasteiger partial charge in [-0.15, -0.1) is 0 Å². The van der Waals surface area contributed by atoms with Crippen molar-refractivity contribution in [2.24, 2.45) is 0 Å². The van der Waals surface area contributed by atoms with Gasteiger partial charge in [0.2, 0.25) is 0 Å². The Morgan fingerprint density at radius 1 is 0.920 bits per heavy atom. The summed E-state index contributed by atoms with van der Waals surface area (Å²) in [5, 5.41) is 0. The number of hydrogen-bond donors (Lipinski definition) is 0. The Hall–Kier alpha value is -0.433. The van der Waals surface area contributed by atoms with Gasteiger partial charge >= 0.3 is 0 Å². The zero-order chi connectivity index (χ0) is 14.9. The van der Waals surface area contributed by atoms with E-state index in [9.17, 15) is 0 Å². The van der Waals surface area contributed by atoms with Crippen LogP contribution in [0.5, 0.6) is 0 Å². The van der Waals surface area contributed by atoms with Crippen molar-refractivity contribution in [1.82, 2.24) is 9.97 Å². The minimum Gasteiger partial charge on any atom is -0.542 e. The fourth-order valence-corrected chi connectivity index (χ4v) is 1.94. The summed E-state index contributed by atoms with van der Waals surface area (Å²) in [6.45, 7) is 1.32. The predicted octanol–water partition coefficient (Wildman–Crippen LogP) is 4.17. The maximum Gasteiger partial charge on any atom is 0.0219 e. The summed E-state index contributed by atoms with van der Waals surface area (Å²) in [6, 6.07) is 20.2. The van der Waals surface area contributed by atoms with Crippen molar-refractivity contribution in [3.05, 3.63) is 80.6 Å². The summed E-state index contributed by atoms with van der Waals surface area (Å²) < 4.78 is 0. The summed E-state index contributed by atoms with van der Waals surface area (Å²) in [7, 11) is 0. The molecule has 2 radical (unpaired) electrons. The molecule has 3 nitrogen and oxygen atoms in total. The fourth-order valence-electron chi connectivity index (χ4n) is 1.94. The molecule has 0 fully saturated rings. The Morgan fingerprint density at radius 2 is 1.36 bits per heavy atom. The third-order valence-corrected chi connectivity index (χ3v) is 2.80. The average Bonchev–Trinajstić information content (AvgIpc) is 2.57. The molecule has 0 bridgehead atoms. The van der Waals surface area contributed by atoms with Gasteiger partial charge in [-0.2, -0.15) is 6.92 Å². The first-order chi connectivity index (χ1) is 10.4. The Morgan fingerprint density at radius 3 is 1.84 bits per heavy atom. The van der Waals surface area contributed by atoms with Gasteiger partial charge in [-0.05, 0) is 11.3 Å². The molecule has 0 aliphatic carbocycles. The van der Waals surface area contributed by atoms with E-state index in [1.54, 1.807) is 0 Å². The molecule has 1 aromatic heterocycles. The second-order valence-electron chi connectivity index (χ2n) is 4.17. The molecule has 0 unspecified atom stereocenters. The fraction of sp³-hybridized carbons (Fsp3) is 0.0526. The molecule has 6 heteroatoms. The number of benzene rings is 2. The quantitative estimate of drug-likeness (QED) is 0.408. The zero-order valence-electron chi connectivity index (χ0n) is 14.1. The first-order valence-corrected chi connectivity index (χ1v) is 6.49. The smallest absolute Gasteiger partial charge is 0.0219 e. The van der Waals surface area contributed by atoms with Gasteiger partial charge in [0.15, 0.2) is 0 Å². The summed E-state index contributed by atoms with van der Waals surface area (Å²) in [4.78, 5) is 17.0. The molecule has 0 saturated heterocycles. The molecule has 0 atom stereocenters. The van der Waals surface area contributed by atoms with Crippen LogP contribution in [0.25, 0.3) is 22.4 Å². The molecule has 2 aromatic carbocycles. The van der Waals surface area contributed by atoms with Gasteiger partial charge in [-0.1, -0.05) is 78.0 Å². The average molecular weight is 613 g/mol. The van der Waals surface area contributed by atoms with E-state index in [0.717, 1.165) is 22.4 Å². The van der Waals surface area contributed by atoms with Crippen LogP contribution in [0.3, 0.4) is 0 Å². The first kappa shape index (κ1) is 29.3. The monoisotopic (exact) mass is 613 g/mol. The number of nitrogens with zero attached hydrogens (tertiary/aromatic N) is 2. The summed E-state index contributed by atoms with van der Waals surface area (Å²) in [5.74, 6) is 0. The van der Waals surface area contributed by atoms with Gasteiger partial charge in [-0.25, -0.2) is 0 Å². The molecule has 0 saturated carbocycles. The number of rotatable bonds is 2. The number of aromatic nitrogens is 2. The van der Waals surface area contributed by atoms with Gasteiger partial charge in [0.25, 0.3) is 0 Å². The molecule has 3 rings (SSSR count). The standard InChI is InChI=1S/C16H11N2.C2H3O.CH3.V.W.Y/c1-3-7-13(8-4-1)15-11-17-12-18-16(15)14-9-5-2-6-10-14;1-2-3;;;;/h1-11H;1H3;1H3;;;/q3*-1;;;. The van der Waals surface area contributed by atoms with Gasteiger partial charge in [0, 0.05) is 78.7 Å². The Labute approximate surface area is 201 Å². The van der Waals surface area contributed by atoms with Crippen molar-refractivity contribution in [3.63, 3.8) is 0 Å². The van der Waals surface area contributed by atoms with E-state index in [4.69, 9.17) is 4.79 Å². The summed E-state index contributed by atoms with van der Waals surface area (Å²) in [5.41, 5.74) is 4.14. The van der Waals surface area contributed by atoms with Crippen LogP contribution in [-0.2, 0) is 77.1 Å². The third kappa shape index (κ3) is 9.17. The van der Waals surface area contributed by atoms with Crippen LogP contribution in [0.15, 0.2) is 66.9 Å². The molecular weight excluding hydrogens is 596 g/mol. The van der Waals surface area contributed by atoms with E-state index in [0.29, 0.717) is 0 Å². The second-order valence-corrected chi connectivity index (χ2v) is 4.17. The molecule has 0 amide bonds. The van der Waals surface area contributed by atoms with Gasteiger partial charge < -0.3 is 22.2 Å². The third-order valence-electron chi connectivity index (χ3n) is 2.80. The molecule has 25 heavy (non-hydrogen) atoms. The van der Waals surface area contributed by atoms with Crippen molar-refractivity contribution in [2.75, 3.05) is 0 Å². The van der Waals surface area contributed by atoms with Gasteiger partial charge in [0.05, 0.1) is 0 Å². The maximum atomic E-state index is 8.68. The van der Waals surface area contributed by atoms with Crippen LogP contribution >= 0.6 is 0 Å². The van der Waals surface area contributed by atoms with E-state index < -0.39 is 0 Å². The van der Waals surface area contributed by atoms with Gasteiger partial charge in [0.1, 0.15) is 0 Å². The zero-order valence-corrected chi connectivity index (χ0v) is 21.3. The van der Waals surface area contributed by atoms with Gasteiger partial charge in [-0.3, -0.25) is 6.29 Å². The van der Waals surface area contributed by atoms with Crippen molar-refractivity contribution in [2.45, 2.75) is 6.92 Å². The molecule has 0 spiro atoms. The topological polar surface area (TPSA) is 42.9 Å². The Bertz CT molecular complexity index is 642. The largest absolute Gasteiger partial charge is 0.542 e. The second kappa shape index (κ2) is 17.0. The van der Waals surface area contributed by atoms with Crippen LogP contribution < -0.4 is 0 Å². The molecule has 0 N–H and O–H groups in total. The van der Waals surface area contributed by atoms with E-state index >= 15 is 0 Å². The van der Waals surface area contributed by atoms with Crippen molar-refractivity contribution in [3.8, 4) is 22.4 Å². The van der Waals surface area contributed by atoms with Crippen LogP contribution in [-0.4, -0.2) is 16.3 Å².